The van der Waals surface area contributed by atoms with Gasteiger partial charge in [0, 0.05) is 15.4 Å². The van der Waals surface area contributed by atoms with E-state index in [4.69, 9.17) is 11.6 Å². The molecule has 5 nitrogen and oxygen atoms in total. The van der Waals surface area contributed by atoms with Gasteiger partial charge in [0.2, 0.25) is 5.91 Å². The van der Waals surface area contributed by atoms with Crippen molar-refractivity contribution in [1.82, 2.24) is 14.8 Å². The molecule has 1 heterocycles. The van der Waals surface area contributed by atoms with Crippen molar-refractivity contribution < 1.29 is 4.79 Å². The van der Waals surface area contributed by atoms with Crippen molar-refractivity contribution in [3.8, 4) is 5.69 Å². The van der Waals surface area contributed by atoms with Crippen LogP contribution in [0.4, 0.5) is 5.69 Å². The highest BCUT2D eigenvalue weighted by Gasteiger charge is 2.44. The van der Waals surface area contributed by atoms with Gasteiger partial charge in [0.1, 0.15) is 12.7 Å². The van der Waals surface area contributed by atoms with Gasteiger partial charge in [-0.3, -0.25) is 4.79 Å². The maximum absolute atomic E-state index is 12.7. The van der Waals surface area contributed by atoms with Gasteiger partial charge in [-0.2, -0.15) is 5.10 Å². The summed E-state index contributed by atoms with van der Waals surface area (Å²) in [5, 5.41) is 7.88. The third kappa shape index (κ3) is 3.32. The zero-order valence-electron chi connectivity index (χ0n) is 13.1. The fourth-order valence-electron chi connectivity index (χ4n) is 2.97. The fourth-order valence-corrected chi connectivity index (χ4v) is 3.61. The van der Waals surface area contributed by atoms with E-state index in [1.165, 1.54) is 6.33 Å². The van der Waals surface area contributed by atoms with Crippen LogP contribution in [-0.4, -0.2) is 20.7 Å². The zero-order valence-corrected chi connectivity index (χ0v) is 15.4. The van der Waals surface area contributed by atoms with Gasteiger partial charge in [0.15, 0.2) is 0 Å². The van der Waals surface area contributed by atoms with E-state index in [-0.39, 0.29) is 17.7 Å². The number of rotatable bonds is 4. The number of aromatic nitrogens is 3. The monoisotopic (exact) mass is 416 g/mol. The quantitative estimate of drug-likeness (QED) is 0.683. The molecule has 1 aliphatic rings. The lowest BCUT2D eigenvalue weighted by molar-refractivity contribution is -0.117. The number of nitrogens with zero attached hydrogens (tertiary/aromatic N) is 3. The molecule has 1 saturated carbocycles. The summed E-state index contributed by atoms with van der Waals surface area (Å²) in [7, 11) is 0. The molecule has 2 unspecified atom stereocenters. The van der Waals surface area contributed by atoms with Crippen LogP contribution >= 0.6 is 27.5 Å². The Balaban J connectivity index is 1.55. The molecule has 126 valence electrons. The summed E-state index contributed by atoms with van der Waals surface area (Å²) < 4.78 is 2.51. The Hall–Kier alpha value is -2.18. The second kappa shape index (κ2) is 6.61. The van der Waals surface area contributed by atoms with Crippen molar-refractivity contribution >= 4 is 39.1 Å². The lowest BCUT2D eigenvalue weighted by Crippen LogP contribution is -2.16. The molecule has 3 aromatic rings. The van der Waals surface area contributed by atoms with Crippen LogP contribution in [0.25, 0.3) is 5.69 Å². The van der Waals surface area contributed by atoms with Crippen LogP contribution in [0, 0.1) is 5.92 Å². The van der Waals surface area contributed by atoms with Gasteiger partial charge < -0.3 is 5.32 Å². The molecule has 0 aliphatic heterocycles. The summed E-state index contributed by atoms with van der Waals surface area (Å²) in [5.41, 5.74) is 2.49. The summed E-state index contributed by atoms with van der Waals surface area (Å²) in [6.45, 7) is 0. The van der Waals surface area contributed by atoms with E-state index in [2.05, 4.69) is 31.3 Å². The fraction of sp³-hybridized carbons (Fsp3) is 0.167. The lowest BCUT2D eigenvalue weighted by Gasteiger charge is -2.11. The van der Waals surface area contributed by atoms with Gasteiger partial charge in [-0.1, -0.05) is 45.7 Å². The number of carbonyl (C=O) groups excluding carboxylic acids is 1. The number of nitrogens with one attached hydrogen (secondary N) is 1. The predicted octanol–water partition coefficient (Wildman–Crippen LogP) is 4.43. The first-order valence-corrected chi connectivity index (χ1v) is 9.00. The van der Waals surface area contributed by atoms with E-state index in [1.54, 1.807) is 11.0 Å². The molecule has 0 spiro atoms. The molecule has 2 aromatic carbocycles. The van der Waals surface area contributed by atoms with Gasteiger partial charge in [-0.15, -0.1) is 0 Å². The van der Waals surface area contributed by atoms with Crippen LogP contribution in [0.15, 0.2) is 59.6 Å². The maximum atomic E-state index is 12.7. The summed E-state index contributed by atoms with van der Waals surface area (Å²) in [5.74, 6) is 0.0996. The lowest BCUT2D eigenvalue weighted by atomic mass is 10.1. The molecule has 4 rings (SSSR count). The van der Waals surface area contributed by atoms with Gasteiger partial charge in [-0.05, 0) is 42.2 Å². The SMILES string of the molecule is O=C(Nc1cc(Br)ccc1-n1cncn1)C1CC1c1ccccc1Cl. The number of hydrogen-bond donors (Lipinski definition) is 1. The summed E-state index contributed by atoms with van der Waals surface area (Å²) >= 11 is 9.69. The molecule has 2 atom stereocenters. The molecular weight excluding hydrogens is 404 g/mol. The second-order valence-corrected chi connectivity index (χ2v) is 7.28. The number of hydrogen-bond acceptors (Lipinski definition) is 3. The number of amides is 1. The van der Waals surface area contributed by atoms with Crippen LogP contribution in [0.3, 0.4) is 0 Å². The van der Waals surface area contributed by atoms with Crippen LogP contribution in [0.2, 0.25) is 5.02 Å². The van der Waals surface area contributed by atoms with Crippen molar-refractivity contribution in [1.29, 1.82) is 0 Å². The third-order valence-corrected chi connectivity index (χ3v) is 5.15. The highest BCUT2D eigenvalue weighted by molar-refractivity contribution is 9.10. The Morgan fingerprint density at radius 1 is 1.28 bits per heavy atom. The molecule has 1 amide bonds. The summed E-state index contributed by atoms with van der Waals surface area (Å²) in [6, 6.07) is 13.3. The van der Waals surface area contributed by atoms with Crippen molar-refractivity contribution in [3.05, 3.63) is 70.2 Å². The molecule has 1 fully saturated rings. The Labute approximate surface area is 158 Å². The molecular formula is C18H14BrClN4O. The molecule has 7 heteroatoms. The van der Waals surface area contributed by atoms with Crippen molar-refractivity contribution in [2.24, 2.45) is 5.92 Å². The first-order valence-electron chi connectivity index (χ1n) is 7.83. The zero-order chi connectivity index (χ0) is 17.4. The average Bonchev–Trinajstić information content (AvgIpc) is 3.21. The minimum atomic E-state index is -0.0671. The van der Waals surface area contributed by atoms with Gasteiger partial charge in [-0.25, -0.2) is 9.67 Å². The topological polar surface area (TPSA) is 59.8 Å². The Bertz CT molecular complexity index is 929. The molecule has 25 heavy (non-hydrogen) atoms. The Kier molecular flexibility index (Phi) is 4.31. The number of carbonyl (C=O) groups is 1. The number of halogens is 2. The molecule has 0 bridgehead atoms. The highest BCUT2D eigenvalue weighted by atomic mass is 79.9. The van der Waals surface area contributed by atoms with Gasteiger partial charge in [0.05, 0.1) is 11.4 Å². The van der Waals surface area contributed by atoms with Crippen molar-refractivity contribution in [2.45, 2.75) is 12.3 Å². The minimum Gasteiger partial charge on any atom is -0.324 e. The molecule has 0 saturated heterocycles. The van der Waals surface area contributed by atoms with E-state index in [1.807, 2.05) is 42.5 Å². The first-order chi connectivity index (χ1) is 12.1. The molecule has 0 radical (unpaired) electrons. The van der Waals surface area contributed by atoms with Crippen molar-refractivity contribution in [2.75, 3.05) is 5.32 Å². The summed E-state index contributed by atoms with van der Waals surface area (Å²) in [4.78, 5) is 16.7. The summed E-state index contributed by atoms with van der Waals surface area (Å²) in [6.07, 6.45) is 3.87. The third-order valence-electron chi connectivity index (χ3n) is 4.31. The van der Waals surface area contributed by atoms with E-state index in [0.717, 1.165) is 22.1 Å². The Morgan fingerprint density at radius 3 is 2.88 bits per heavy atom. The Morgan fingerprint density at radius 2 is 2.12 bits per heavy atom. The second-order valence-electron chi connectivity index (χ2n) is 5.96. The van der Waals surface area contributed by atoms with Crippen LogP contribution in [-0.2, 0) is 4.79 Å². The largest absolute Gasteiger partial charge is 0.324 e. The van der Waals surface area contributed by atoms with Gasteiger partial charge >= 0.3 is 0 Å². The van der Waals surface area contributed by atoms with E-state index in [0.29, 0.717) is 10.7 Å². The standard InChI is InChI=1S/C18H14BrClN4O/c19-11-5-6-17(24-10-21-9-22-24)16(7-11)23-18(25)14-8-13(14)12-3-1-2-4-15(12)20/h1-7,9-10,13-14H,8H2,(H,23,25). The smallest absolute Gasteiger partial charge is 0.228 e. The minimum absolute atomic E-state index is 0.00983. The van der Waals surface area contributed by atoms with Crippen LogP contribution in [0.5, 0.6) is 0 Å². The normalized spacial score (nSPS) is 18.8. The highest BCUT2D eigenvalue weighted by Crippen LogP contribution is 2.50. The predicted molar refractivity (Wildman–Crippen MR) is 100.0 cm³/mol. The van der Waals surface area contributed by atoms with E-state index in [9.17, 15) is 4.79 Å². The maximum Gasteiger partial charge on any atom is 0.228 e. The average molecular weight is 418 g/mol. The van der Waals surface area contributed by atoms with E-state index < -0.39 is 0 Å². The number of anilines is 1. The van der Waals surface area contributed by atoms with E-state index >= 15 is 0 Å². The number of benzene rings is 2. The van der Waals surface area contributed by atoms with Gasteiger partial charge in [0.25, 0.3) is 0 Å². The first kappa shape index (κ1) is 16.3. The van der Waals surface area contributed by atoms with Crippen molar-refractivity contribution in [3.63, 3.8) is 0 Å². The van der Waals surface area contributed by atoms with Crippen LogP contribution in [0.1, 0.15) is 17.9 Å². The molecule has 1 aromatic heterocycles. The molecule has 1 N–H and O–H groups in total. The van der Waals surface area contributed by atoms with Crippen LogP contribution < -0.4 is 5.32 Å². The molecule has 1 aliphatic carbocycles.